The van der Waals surface area contributed by atoms with Crippen LogP contribution in [0, 0.1) is 5.92 Å². The number of aliphatic carboxylic acids is 1. The van der Waals surface area contributed by atoms with E-state index in [-0.39, 0.29) is 150 Å². The smallest absolute Gasteiger partial charge is 0.320 e. The molecular formula is C37H62B4N4O12P4. The van der Waals surface area contributed by atoms with E-state index in [1.807, 2.05) is 0 Å². The lowest BCUT2D eigenvalue weighted by atomic mass is 9.90. The van der Waals surface area contributed by atoms with Crippen LogP contribution in [0.1, 0.15) is 70.6 Å². The molecule has 8 unspecified atom stereocenters. The molecule has 16 nitrogen and oxygen atoms in total. The summed E-state index contributed by atoms with van der Waals surface area (Å²) in [4.78, 5) is 114. The van der Waals surface area contributed by atoms with E-state index in [0.717, 1.165) is 0 Å². The number of carbonyl (C=O) groups excluding carboxylic acids is 8. The number of Topliss-reactive ketones (excluding diaryl/α,β-unsaturated/α-hetero) is 6. The van der Waals surface area contributed by atoms with Crippen LogP contribution in [-0.4, -0.2) is 190 Å². The second-order valence-electron chi connectivity index (χ2n) is 15.1. The van der Waals surface area contributed by atoms with Crippen molar-refractivity contribution in [3.8, 4) is 0 Å². The second kappa shape index (κ2) is 34.6. The molecule has 334 valence electrons. The number of ether oxygens (including phenoxy) is 2. The number of nitrogens with two attached hydrogens (primary N) is 1. The van der Waals surface area contributed by atoms with Crippen LogP contribution < -0.4 is 21.7 Å². The Bertz CT molecular complexity index is 1440. The molecule has 0 aromatic heterocycles. The van der Waals surface area contributed by atoms with Crippen molar-refractivity contribution in [2.45, 2.75) is 88.8 Å². The number of nitrogens with one attached hydrogen (secondary N) is 3. The van der Waals surface area contributed by atoms with Crippen LogP contribution in [-0.2, 0) is 52.6 Å². The van der Waals surface area contributed by atoms with Crippen molar-refractivity contribution < 1.29 is 57.7 Å². The summed E-state index contributed by atoms with van der Waals surface area (Å²) >= 11 is 0. The van der Waals surface area contributed by atoms with E-state index in [1.54, 1.807) is 26.7 Å². The van der Waals surface area contributed by atoms with Crippen LogP contribution >= 0.6 is 31.2 Å². The van der Waals surface area contributed by atoms with Gasteiger partial charge in [-0.15, -0.1) is 0 Å². The fourth-order valence-electron chi connectivity index (χ4n) is 5.88. The topological polar surface area (TPSA) is 254 Å². The summed E-state index contributed by atoms with van der Waals surface area (Å²) < 4.78 is 10.9. The van der Waals surface area contributed by atoms with E-state index >= 15 is 0 Å². The minimum Gasteiger partial charge on any atom is -0.480 e. The fraction of sp³-hybridized carbons (Fsp3) is 0.757. The summed E-state index contributed by atoms with van der Waals surface area (Å²) in [5.74, 6) is -4.74. The van der Waals surface area contributed by atoms with Gasteiger partial charge in [-0.05, 0) is 32.1 Å². The predicted octanol–water partition coefficient (Wildman–Crippen LogP) is 1.05. The highest BCUT2D eigenvalue weighted by atomic mass is 31.1. The summed E-state index contributed by atoms with van der Waals surface area (Å²) in [6.07, 6.45) is 0.681. The molecule has 24 heteroatoms. The third kappa shape index (κ3) is 31.7. The van der Waals surface area contributed by atoms with Crippen LogP contribution in [0.2, 0.25) is 0 Å². The summed E-state index contributed by atoms with van der Waals surface area (Å²) in [5, 5.41) is 17.0. The van der Waals surface area contributed by atoms with Crippen LogP contribution in [0.15, 0.2) is 0 Å². The van der Waals surface area contributed by atoms with Gasteiger partial charge in [-0.3, -0.25) is 48.5 Å². The molecule has 0 aliphatic rings. The number of carbonyl (C=O) groups is 9. The monoisotopic (exact) mass is 922 g/mol. The Balaban J connectivity index is 5.64. The van der Waals surface area contributed by atoms with Gasteiger partial charge in [0.25, 0.3) is 0 Å². The number of amides is 2. The fourth-order valence-corrected chi connectivity index (χ4v) is 8.77. The normalized spacial score (nSPS) is 15.2. The van der Waals surface area contributed by atoms with Crippen molar-refractivity contribution in [3.63, 3.8) is 0 Å². The number of carboxylic acid groups (broad SMARTS) is 1. The molecule has 0 aromatic carbocycles. The summed E-state index contributed by atoms with van der Waals surface area (Å²) in [6.45, 7) is 6.66. The summed E-state index contributed by atoms with van der Waals surface area (Å²) in [6, 6.07) is -3.33. The van der Waals surface area contributed by atoms with Gasteiger partial charge in [0.15, 0.2) is 5.78 Å². The van der Waals surface area contributed by atoms with Crippen LogP contribution in [0.25, 0.3) is 0 Å². The van der Waals surface area contributed by atoms with Gasteiger partial charge in [0.1, 0.15) is 77.9 Å². The van der Waals surface area contributed by atoms with Gasteiger partial charge in [-0.25, -0.2) is 0 Å². The lowest BCUT2D eigenvalue weighted by molar-refractivity contribution is -0.140. The van der Waals surface area contributed by atoms with Crippen LogP contribution in [0.4, 0.5) is 0 Å². The molecule has 0 saturated heterocycles. The van der Waals surface area contributed by atoms with Crippen molar-refractivity contribution >= 4 is 114 Å². The van der Waals surface area contributed by atoms with Gasteiger partial charge in [-0.2, -0.15) is 31.2 Å². The van der Waals surface area contributed by atoms with Crippen LogP contribution in [0.5, 0.6) is 0 Å². The van der Waals surface area contributed by atoms with E-state index in [4.69, 9.17) is 50.6 Å². The lowest BCUT2D eigenvalue weighted by Crippen LogP contribution is -2.52. The van der Waals surface area contributed by atoms with E-state index in [2.05, 4.69) is 16.0 Å². The molecule has 0 rings (SSSR count). The zero-order valence-corrected chi connectivity index (χ0v) is 39.6. The first kappa shape index (κ1) is 59.2. The summed E-state index contributed by atoms with van der Waals surface area (Å²) in [7, 11) is 19.2. The van der Waals surface area contributed by atoms with Gasteiger partial charge in [0, 0.05) is 82.4 Å². The molecule has 0 bridgehead atoms. The largest absolute Gasteiger partial charge is 0.480 e. The van der Waals surface area contributed by atoms with Crippen molar-refractivity contribution in [2.75, 3.05) is 84.4 Å². The average Bonchev–Trinajstić information content (AvgIpc) is 3.14. The Kier molecular flexibility index (Phi) is 33.6. The van der Waals surface area contributed by atoms with Crippen molar-refractivity contribution in [2.24, 2.45) is 11.7 Å². The molecule has 0 aliphatic carbocycles. The van der Waals surface area contributed by atoms with E-state index in [9.17, 15) is 43.2 Å². The van der Waals surface area contributed by atoms with Gasteiger partial charge >= 0.3 is 5.97 Å². The van der Waals surface area contributed by atoms with Gasteiger partial charge in [0.05, 0.1) is 19.3 Å². The van der Waals surface area contributed by atoms with Crippen LogP contribution in [0.3, 0.4) is 0 Å². The molecule has 0 fully saturated rings. The standard InChI is InChI=1S/C37H62B4N4O12P4/c1-58(38)20-28(48)8-7-25(33(50)22-60(3)40)18-27(47)10-13-31(36(53)45-30(34(51)23-61(4)41)12-11-29(49)21-59(2)39)44-35(52)19-57-17-16-56-15-5-6-26(46)9-14-32(37(54)55)43-24-42/h25,30-32,43H,5-24,42H2,1-4H3,(H,44,52)(H,45,53)(H,54,55). The maximum absolute atomic E-state index is 13.7. The first-order valence-electron chi connectivity index (χ1n) is 20.0. The van der Waals surface area contributed by atoms with Gasteiger partial charge < -0.3 is 30.9 Å². The predicted molar refractivity (Wildman–Crippen MR) is 247 cm³/mol. The van der Waals surface area contributed by atoms with Gasteiger partial charge in [-0.1, -0.05) is 26.7 Å². The number of hydrogen-bond donors (Lipinski definition) is 5. The molecule has 0 aromatic rings. The molecule has 61 heavy (non-hydrogen) atoms. The number of rotatable bonds is 39. The molecule has 6 N–H and O–H groups in total. The number of ketones is 6. The van der Waals surface area contributed by atoms with Crippen molar-refractivity contribution in [1.82, 2.24) is 16.0 Å². The minimum atomic E-state index is -1.32. The molecule has 0 spiro atoms. The Morgan fingerprint density at radius 3 is 1.62 bits per heavy atom. The molecule has 0 aliphatic heterocycles. The third-order valence-electron chi connectivity index (χ3n) is 8.87. The Morgan fingerprint density at radius 2 is 1.07 bits per heavy atom. The maximum atomic E-state index is 13.7. The zero-order valence-electron chi connectivity index (χ0n) is 36.1. The first-order valence-corrected chi connectivity index (χ1v) is 28.2. The molecule has 8 radical (unpaired) electrons. The highest BCUT2D eigenvalue weighted by molar-refractivity contribution is 7.83. The maximum Gasteiger partial charge on any atom is 0.320 e. The van der Waals surface area contributed by atoms with Gasteiger partial charge in [0.2, 0.25) is 11.8 Å². The highest BCUT2D eigenvalue weighted by Gasteiger charge is 2.29. The second-order valence-corrected chi connectivity index (χ2v) is 22.4. The lowest BCUT2D eigenvalue weighted by Gasteiger charge is -2.24. The number of carboxylic acids is 1. The van der Waals surface area contributed by atoms with E-state index in [1.165, 1.54) is 0 Å². The minimum absolute atomic E-state index is 0.0138. The molecule has 0 saturated carbocycles. The Hall–Kier alpha value is -1.75. The van der Waals surface area contributed by atoms with E-state index < -0.39 is 79.6 Å². The quantitative estimate of drug-likeness (QED) is 0.0250. The zero-order chi connectivity index (χ0) is 46.5. The van der Waals surface area contributed by atoms with Crippen molar-refractivity contribution in [1.29, 1.82) is 0 Å². The molecule has 2 amide bonds. The average molecular weight is 922 g/mol. The molecular weight excluding hydrogens is 860 g/mol. The molecule has 0 heterocycles. The molecule has 8 atom stereocenters. The highest BCUT2D eigenvalue weighted by Crippen LogP contribution is 2.29. The SMILES string of the molecule is [B]P(C)CC(=O)CCC(CC(=O)CCC(NC(=O)COCCOCCCC(=O)CCC(NCN)C(=O)O)C(=O)NC(CCC(=O)CP([B])C)C(=O)CP([B])C)C(=O)CP([B])C. The summed E-state index contributed by atoms with van der Waals surface area (Å²) in [5.41, 5.74) is 5.33. The Morgan fingerprint density at radius 1 is 0.574 bits per heavy atom. The number of hydrogen-bond acceptors (Lipinski definition) is 13. The van der Waals surface area contributed by atoms with Crippen molar-refractivity contribution in [3.05, 3.63) is 0 Å². The first-order chi connectivity index (χ1) is 28.6. The van der Waals surface area contributed by atoms with E-state index in [0.29, 0.717) is 6.42 Å². The third-order valence-corrected chi connectivity index (χ3v) is 12.2. The Labute approximate surface area is 371 Å².